The fourth-order valence-electron chi connectivity index (χ4n) is 2.12. The van der Waals surface area contributed by atoms with E-state index in [1.54, 1.807) is 29.5 Å². The highest BCUT2D eigenvalue weighted by Gasteiger charge is 2.16. The van der Waals surface area contributed by atoms with Crippen molar-refractivity contribution in [2.75, 3.05) is 0 Å². The molecule has 0 aliphatic rings. The third kappa shape index (κ3) is 2.49. The zero-order valence-corrected chi connectivity index (χ0v) is 12.1. The summed E-state index contributed by atoms with van der Waals surface area (Å²) >= 11 is 13.6. The van der Waals surface area contributed by atoms with E-state index < -0.39 is 6.10 Å². The van der Waals surface area contributed by atoms with Crippen LogP contribution >= 0.6 is 34.5 Å². The SMILES string of the molecule is OC(c1cc(Cl)cc(Cl)c1)c1csc2ccccc12. The Bertz CT molecular complexity index is 716. The van der Waals surface area contributed by atoms with Gasteiger partial charge in [-0.25, -0.2) is 0 Å². The van der Waals surface area contributed by atoms with Crippen LogP contribution in [0.5, 0.6) is 0 Å². The van der Waals surface area contributed by atoms with Crippen molar-refractivity contribution in [1.29, 1.82) is 0 Å². The lowest BCUT2D eigenvalue weighted by Crippen LogP contribution is -1.98. The van der Waals surface area contributed by atoms with Crippen molar-refractivity contribution in [1.82, 2.24) is 0 Å². The average Bonchev–Trinajstić information content (AvgIpc) is 2.80. The number of rotatable bonds is 2. The Kier molecular flexibility index (Phi) is 3.50. The van der Waals surface area contributed by atoms with Crippen molar-refractivity contribution < 1.29 is 5.11 Å². The van der Waals surface area contributed by atoms with Crippen molar-refractivity contribution in [2.24, 2.45) is 0 Å². The van der Waals surface area contributed by atoms with E-state index >= 15 is 0 Å². The van der Waals surface area contributed by atoms with Gasteiger partial charge in [-0.05, 0) is 40.6 Å². The number of hydrogen-bond donors (Lipinski definition) is 1. The molecule has 1 nitrogen and oxygen atoms in total. The van der Waals surface area contributed by atoms with Crippen molar-refractivity contribution in [3.8, 4) is 0 Å². The molecular formula is C15H10Cl2OS. The zero-order valence-electron chi connectivity index (χ0n) is 9.81. The lowest BCUT2D eigenvalue weighted by atomic mass is 10.0. The van der Waals surface area contributed by atoms with E-state index in [4.69, 9.17) is 23.2 Å². The first-order chi connectivity index (χ1) is 9.15. The molecule has 1 unspecified atom stereocenters. The third-order valence-electron chi connectivity index (χ3n) is 3.01. The van der Waals surface area contributed by atoms with Crippen molar-refractivity contribution in [2.45, 2.75) is 6.10 Å². The summed E-state index contributed by atoms with van der Waals surface area (Å²) in [5.74, 6) is 0. The van der Waals surface area contributed by atoms with Gasteiger partial charge in [0, 0.05) is 20.3 Å². The average molecular weight is 309 g/mol. The van der Waals surface area contributed by atoms with E-state index in [-0.39, 0.29) is 0 Å². The fourth-order valence-corrected chi connectivity index (χ4v) is 3.65. The van der Waals surface area contributed by atoms with E-state index in [1.165, 1.54) is 0 Å². The molecule has 0 amide bonds. The summed E-state index contributed by atoms with van der Waals surface area (Å²) in [6.07, 6.45) is -0.715. The van der Waals surface area contributed by atoms with Gasteiger partial charge in [0.25, 0.3) is 0 Å². The summed E-state index contributed by atoms with van der Waals surface area (Å²) in [7, 11) is 0. The summed E-state index contributed by atoms with van der Waals surface area (Å²) in [6.45, 7) is 0. The van der Waals surface area contributed by atoms with Crippen molar-refractivity contribution >= 4 is 44.6 Å². The normalized spacial score (nSPS) is 12.8. The van der Waals surface area contributed by atoms with Crippen LogP contribution in [0.2, 0.25) is 10.0 Å². The number of aliphatic hydroxyl groups excluding tert-OH is 1. The number of aliphatic hydroxyl groups is 1. The smallest absolute Gasteiger partial charge is 0.106 e. The van der Waals surface area contributed by atoms with E-state index in [0.717, 1.165) is 15.6 Å². The fraction of sp³-hybridized carbons (Fsp3) is 0.0667. The minimum absolute atomic E-state index is 0.529. The Labute approximate surface area is 125 Å². The number of fused-ring (bicyclic) bond motifs is 1. The van der Waals surface area contributed by atoms with Gasteiger partial charge in [-0.2, -0.15) is 0 Å². The summed E-state index contributed by atoms with van der Waals surface area (Å²) in [4.78, 5) is 0. The largest absolute Gasteiger partial charge is 0.384 e. The van der Waals surface area contributed by atoms with Crippen LogP contribution in [-0.4, -0.2) is 5.11 Å². The highest BCUT2D eigenvalue weighted by molar-refractivity contribution is 7.17. The van der Waals surface area contributed by atoms with Crippen LogP contribution in [0, 0.1) is 0 Å². The van der Waals surface area contributed by atoms with Crippen LogP contribution in [-0.2, 0) is 0 Å². The monoisotopic (exact) mass is 308 g/mol. The van der Waals surface area contributed by atoms with E-state index in [9.17, 15) is 5.11 Å². The second kappa shape index (κ2) is 5.14. The molecule has 0 radical (unpaired) electrons. The van der Waals surface area contributed by atoms with Gasteiger partial charge >= 0.3 is 0 Å². The summed E-state index contributed by atoms with van der Waals surface area (Å²) in [5.41, 5.74) is 1.60. The van der Waals surface area contributed by atoms with Crippen LogP contribution in [0.15, 0.2) is 47.8 Å². The van der Waals surface area contributed by atoms with Gasteiger partial charge in [0.05, 0.1) is 0 Å². The van der Waals surface area contributed by atoms with E-state index in [2.05, 4.69) is 0 Å². The van der Waals surface area contributed by atoms with Crippen molar-refractivity contribution in [3.05, 3.63) is 69.0 Å². The number of hydrogen-bond acceptors (Lipinski definition) is 2. The standard InChI is InChI=1S/C15H10Cl2OS/c16-10-5-9(6-11(17)7-10)15(18)13-8-19-14-4-2-1-3-12(13)14/h1-8,15,18H. The van der Waals surface area contributed by atoms with Crippen LogP contribution < -0.4 is 0 Å². The minimum atomic E-state index is -0.715. The van der Waals surface area contributed by atoms with Gasteiger partial charge < -0.3 is 5.11 Å². The molecule has 0 fully saturated rings. The van der Waals surface area contributed by atoms with Crippen LogP contribution in [0.3, 0.4) is 0 Å². The molecule has 0 spiro atoms. The topological polar surface area (TPSA) is 20.2 Å². The molecule has 96 valence electrons. The predicted octanol–water partition coefficient (Wildman–Crippen LogP) is 5.29. The van der Waals surface area contributed by atoms with Gasteiger partial charge in [0.15, 0.2) is 0 Å². The number of halogens is 2. The summed E-state index contributed by atoms with van der Waals surface area (Å²) < 4.78 is 1.16. The maximum absolute atomic E-state index is 10.5. The Morgan fingerprint density at radius 2 is 1.68 bits per heavy atom. The molecule has 0 saturated heterocycles. The minimum Gasteiger partial charge on any atom is -0.384 e. The molecule has 0 saturated carbocycles. The first-order valence-electron chi connectivity index (χ1n) is 5.75. The molecule has 3 aromatic rings. The van der Waals surface area contributed by atoms with Crippen LogP contribution in [0.25, 0.3) is 10.1 Å². The first-order valence-corrected chi connectivity index (χ1v) is 7.39. The van der Waals surface area contributed by atoms with E-state index in [0.29, 0.717) is 15.6 Å². The Balaban J connectivity index is 2.10. The lowest BCUT2D eigenvalue weighted by Gasteiger charge is -2.11. The molecule has 2 aromatic carbocycles. The molecule has 1 heterocycles. The molecule has 0 bridgehead atoms. The maximum Gasteiger partial charge on any atom is 0.106 e. The van der Waals surface area contributed by atoms with Crippen LogP contribution in [0.4, 0.5) is 0 Å². The molecule has 0 aliphatic heterocycles. The third-order valence-corrected chi connectivity index (χ3v) is 4.42. The molecular weight excluding hydrogens is 299 g/mol. The maximum atomic E-state index is 10.5. The number of thiophene rings is 1. The Morgan fingerprint density at radius 1 is 1.00 bits per heavy atom. The highest BCUT2D eigenvalue weighted by Crippen LogP contribution is 2.35. The summed E-state index contributed by atoms with van der Waals surface area (Å²) in [5, 5.41) is 14.6. The predicted molar refractivity (Wildman–Crippen MR) is 82.3 cm³/mol. The quantitative estimate of drug-likeness (QED) is 0.682. The molecule has 3 rings (SSSR count). The highest BCUT2D eigenvalue weighted by atomic mass is 35.5. The second-order valence-electron chi connectivity index (χ2n) is 4.29. The van der Waals surface area contributed by atoms with Gasteiger partial charge in [-0.15, -0.1) is 11.3 Å². The first kappa shape index (κ1) is 12.9. The van der Waals surface area contributed by atoms with Crippen molar-refractivity contribution in [3.63, 3.8) is 0 Å². The van der Waals surface area contributed by atoms with Crippen LogP contribution in [0.1, 0.15) is 17.2 Å². The molecule has 1 atom stereocenters. The molecule has 1 aromatic heterocycles. The molecule has 1 N–H and O–H groups in total. The van der Waals surface area contributed by atoms with Gasteiger partial charge in [-0.1, -0.05) is 41.4 Å². The zero-order chi connectivity index (χ0) is 13.4. The Hall–Kier alpha value is -1.06. The second-order valence-corrected chi connectivity index (χ2v) is 6.08. The molecule has 0 aliphatic carbocycles. The number of benzene rings is 2. The van der Waals surface area contributed by atoms with Gasteiger partial charge in [0.2, 0.25) is 0 Å². The van der Waals surface area contributed by atoms with Gasteiger partial charge in [0.1, 0.15) is 6.10 Å². The Morgan fingerprint density at radius 3 is 2.42 bits per heavy atom. The molecule has 19 heavy (non-hydrogen) atoms. The summed E-state index contributed by atoms with van der Waals surface area (Å²) in [6, 6.07) is 13.2. The van der Waals surface area contributed by atoms with E-state index in [1.807, 2.05) is 29.6 Å². The van der Waals surface area contributed by atoms with Gasteiger partial charge in [-0.3, -0.25) is 0 Å². The molecule has 4 heteroatoms. The lowest BCUT2D eigenvalue weighted by molar-refractivity contribution is 0.222.